The molecule has 5 heteroatoms. The number of nitrogens with zero attached hydrogens (tertiary/aromatic N) is 1. The van der Waals surface area contributed by atoms with Crippen molar-refractivity contribution in [1.82, 2.24) is 10.2 Å². The van der Waals surface area contributed by atoms with E-state index in [-0.39, 0.29) is 18.0 Å². The predicted octanol–water partition coefficient (Wildman–Crippen LogP) is 2.44. The molecule has 1 unspecified atom stereocenters. The van der Waals surface area contributed by atoms with Gasteiger partial charge in [0.15, 0.2) is 0 Å². The number of amides is 2. The highest BCUT2D eigenvalue weighted by atomic mass is 16.4. The topological polar surface area (TPSA) is 69.6 Å². The van der Waals surface area contributed by atoms with Crippen LogP contribution in [0.5, 0.6) is 0 Å². The molecule has 3 atom stereocenters. The highest BCUT2D eigenvalue weighted by Gasteiger charge is 2.55. The summed E-state index contributed by atoms with van der Waals surface area (Å²) in [7, 11) is 0. The Hall–Kier alpha value is -2.04. The van der Waals surface area contributed by atoms with Gasteiger partial charge in [-0.25, -0.2) is 4.79 Å². The summed E-state index contributed by atoms with van der Waals surface area (Å²) in [4.78, 5) is 26.1. The van der Waals surface area contributed by atoms with Crippen LogP contribution < -0.4 is 5.32 Å². The van der Waals surface area contributed by atoms with E-state index in [1.54, 1.807) is 4.90 Å². The highest BCUT2D eigenvalue weighted by molar-refractivity contribution is 5.80. The summed E-state index contributed by atoms with van der Waals surface area (Å²) in [5, 5.41) is 12.8. The normalized spacial score (nSPS) is 31.4. The van der Waals surface area contributed by atoms with Gasteiger partial charge in [-0.05, 0) is 49.1 Å². The van der Waals surface area contributed by atoms with E-state index in [4.69, 9.17) is 0 Å². The number of carbonyl (C=O) groups excluding carboxylic acids is 1. The van der Waals surface area contributed by atoms with Crippen LogP contribution in [0.2, 0.25) is 0 Å². The van der Waals surface area contributed by atoms with Crippen molar-refractivity contribution in [2.75, 3.05) is 13.1 Å². The number of carboxylic acids is 1. The number of nitrogens with one attached hydrogen (secondary N) is 1. The van der Waals surface area contributed by atoms with Crippen molar-refractivity contribution in [2.24, 2.45) is 11.3 Å². The number of rotatable bonds is 2. The monoisotopic (exact) mass is 328 g/mol. The van der Waals surface area contributed by atoms with Gasteiger partial charge < -0.3 is 15.3 Å². The van der Waals surface area contributed by atoms with Crippen LogP contribution in [-0.4, -0.2) is 41.1 Å². The quantitative estimate of drug-likeness (QED) is 0.876. The molecule has 2 amide bonds. The third-order valence-electron chi connectivity index (χ3n) is 6.26. The third kappa shape index (κ3) is 2.46. The fraction of sp³-hybridized carbons (Fsp3) is 0.579. The molecule has 1 aromatic rings. The Kier molecular flexibility index (Phi) is 3.74. The average Bonchev–Trinajstić information content (AvgIpc) is 3.13. The predicted molar refractivity (Wildman–Crippen MR) is 89.8 cm³/mol. The smallest absolute Gasteiger partial charge is 0.317 e. The van der Waals surface area contributed by atoms with E-state index in [0.717, 1.165) is 32.1 Å². The number of benzene rings is 1. The van der Waals surface area contributed by atoms with Crippen molar-refractivity contribution in [1.29, 1.82) is 0 Å². The van der Waals surface area contributed by atoms with Gasteiger partial charge in [-0.2, -0.15) is 0 Å². The number of carboxylic acid groups (broad SMARTS) is 1. The molecule has 5 nitrogen and oxygen atoms in total. The van der Waals surface area contributed by atoms with E-state index >= 15 is 0 Å². The molecule has 1 saturated carbocycles. The molecule has 1 saturated heterocycles. The van der Waals surface area contributed by atoms with E-state index in [9.17, 15) is 14.7 Å². The van der Waals surface area contributed by atoms with Crippen molar-refractivity contribution >= 4 is 12.0 Å². The van der Waals surface area contributed by atoms with Crippen molar-refractivity contribution in [3.63, 3.8) is 0 Å². The lowest BCUT2D eigenvalue weighted by molar-refractivity contribution is -0.149. The minimum absolute atomic E-state index is 0.0885. The van der Waals surface area contributed by atoms with Gasteiger partial charge in [0.05, 0.1) is 5.41 Å². The van der Waals surface area contributed by atoms with Gasteiger partial charge in [0, 0.05) is 19.1 Å². The SMILES string of the molecule is O=C(NC1CCc2ccccc2C1)N1C[C@@H]2CCC[C@@]2(C(=O)O)C1. The van der Waals surface area contributed by atoms with Crippen LogP contribution in [0.15, 0.2) is 24.3 Å². The van der Waals surface area contributed by atoms with Crippen LogP contribution in [0.4, 0.5) is 4.79 Å². The molecule has 4 rings (SSSR count). The van der Waals surface area contributed by atoms with Gasteiger partial charge in [-0.1, -0.05) is 30.7 Å². The summed E-state index contributed by atoms with van der Waals surface area (Å²) in [5.74, 6) is -0.611. The molecular formula is C19H24N2O3. The van der Waals surface area contributed by atoms with Crippen LogP contribution in [0.25, 0.3) is 0 Å². The lowest BCUT2D eigenvalue weighted by Crippen LogP contribution is -2.47. The first kappa shape index (κ1) is 15.5. The molecule has 1 aliphatic heterocycles. The van der Waals surface area contributed by atoms with Gasteiger partial charge in [-0.15, -0.1) is 0 Å². The number of carbonyl (C=O) groups is 2. The van der Waals surface area contributed by atoms with E-state index in [1.165, 1.54) is 11.1 Å². The Bertz CT molecular complexity index is 674. The maximum absolute atomic E-state index is 12.6. The Labute approximate surface area is 142 Å². The van der Waals surface area contributed by atoms with Gasteiger partial charge in [0.25, 0.3) is 0 Å². The van der Waals surface area contributed by atoms with E-state index in [1.807, 2.05) is 6.07 Å². The molecule has 0 spiro atoms. The summed E-state index contributed by atoms with van der Waals surface area (Å²) in [6.45, 7) is 0.948. The number of likely N-dealkylation sites (tertiary alicyclic amines) is 1. The van der Waals surface area contributed by atoms with Crippen molar-refractivity contribution in [2.45, 2.75) is 44.6 Å². The molecule has 3 aliphatic rings. The lowest BCUT2D eigenvalue weighted by Gasteiger charge is -2.28. The Balaban J connectivity index is 1.40. The van der Waals surface area contributed by atoms with Gasteiger partial charge in [0.2, 0.25) is 0 Å². The van der Waals surface area contributed by atoms with Gasteiger partial charge >= 0.3 is 12.0 Å². The van der Waals surface area contributed by atoms with Crippen LogP contribution in [0.3, 0.4) is 0 Å². The number of aliphatic carboxylic acids is 1. The molecule has 0 radical (unpaired) electrons. The average molecular weight is 328 g/mol. The summed E-state index contributed by atoms with van der Waals surface area (Å²) in [5.41, 5.74) is 1.99. The van der Waals surface area contributed by atoms with Gasteiger partial charge in [-0.3, -0.25) is 4.79 Å². The summed E-state index contributed by atoms with van der Waals surface area (Å²) in [6, 6.07) is 8.45. The molecule has 2 N–H and O–H groups in total. The first-order valence-electron chi connectivity index (χ1n) is 8.94. The van der Waals surface area contributed by atoms with Crippen molar-refractivity contribution < 1.29 is 14.7 Å². The number of fused-ring (bicyclic) bond motifs is 2. The fourth-order valence-electron chi connectivity index (χ4n) is 4.88. The zero-order chi connectivity index (χ0) is 16.7. The van der Waals surface area contributed by atoms with E-state index in [0.29, 0.717) is 19.5 Å². The Morgan fingerprint density at radius 1 is 1.21 bits per heavy atom. The maximum atomic E-state index is 12.6. The minimum atomic E-state index is -0.730. The zero-order valence-electron chi connectivity index (χ0n) is 13.8. The maximum Gasteiger partial charge on any atom is 0.317 e. The Morgan fingerprint density at radius 2 is 2.00 bits per heavy atom. The third-order valence-corrected chi connectivity index (χ3v) is 6.26. The van der Waals surface area contributed by atoms with E-state index in [2.05, 4.69) is 23.5 Å². The van der Waals surface area contributed by atoms with Crippen LogP contribution in [0.1, 0.15) is 36.8 Å². The molecule has 1 aromatic carbocycles. The molecule has 1 heterocycles. The van der Waals surface area contributed by atoms with Crippen molar-refractivity contribution in [3.8, 4) is 0 Å². The van der Waals surface area contributed by atoms with E-state index < -0.39 is 11.4 Å². The second kappa shape index (κ2) is 5.80. The zero-order valence-corrected chi connectivity index (χ0v) is 13.8. The van der Waals surface area contributed by atoms with Crippen molar-refractivity contribution in [3.05, 3.63) is 35.4 Å². The number of aryl methyl sites for hydroxylation is 1. The largest absolute Gasteiger partial charge is 0.481 e. The molecule has 24 heavy (non-hydrogen) atoms. The highest BCUT2D eigenvalue weighted by Crippen LogP contribution is 2.48. The van der Waals surface area contributed by atoms with Crippen LogP contribution >= 0.6 is 0 Å². The summed E-state index contributed by atoms with van der Waals surface area (Å²) in [6.07, 6.45) is 5.39. The molecule has 0 bridgehead atoms. The first-order chi connectivity index (χ1) is 11.6. The number of hydrogen-bond acceptors (Lipinski definition) is 2. The standard InChI is InChI=1S/C19H24N2O3/c22-17(23)19-9-3-6-15(19)11-21(12-19)18(24)20-16-8-7-13-4-1-2-5-14(13)10-16/h1-2,4-5,15-16H,3,6-12H2,(H,20,24)(H,22,23)/t15-,16?,19+/m0/s1. The first-order valence-corrected chi connectivity index (χ1v) is 8.94. The molecular weight excluding hydrogens is 304 g/mol. The molecule has 0 aromatic heterocycles. The summed E-state index contributed by atoms with van der Waals surface area (Å²) < 4.78 is 0. The second-order valence-corrected chi connectivity index (χ2v) is 7.59. The number of urea groups is 1. The van der Waals surface area contributed by atoms with Gasteiger partial charge in [0.1, 0.15) is 0 Å². The Morgan fingerprint density at radius 3 is 2.75 bits per heavy atom. The second-order valence-electron chi connectivity index (χ2n) is 7.59. The molecule has 2 aliphatic carbocycles. The lowest BCUT2D eigenvalue weighted by atomic mass is 9.81. The molecule has 2 fully saturated rings. The summed E-state index contributed by atoms with van der Waals surface area (Å²) >= 11 is 0. The number of hydrogen-bond donors (Lipinski definition) is 2. The van der Waals surface area contributed by atoms with Crippen LogP contribution in [0, 0.1) is 11.3 Å². The molecule has 128 valence electrons. The minimum Gasteiger partial charge on any atom is -0.481 e. The fourth-order valence-corrected chi connectivity index (χ4v) is 4.88. The van der Waals surface area contributed by atoms with Crippen LogP contribution in [-0.2, 0) is 17.6 Å².